The first-order valence-corrected chi connectivity index (χ1v) is 5.98. The van der Waals surface area contributed by atoms with Crippen molar-refractivity contribution in [3.05, 3.63) is 36.0 Å². The molecular formula is C13H15F3N2O. The zero-order chi connectivity index (χ0) is 13.9. The Bertz CT molecular complexity index is 548. The van der Waals surface area contributed by atoms with E-state index in [4.69, 9.17) is 5.73 Å². The second-order valence-corrected chi connectivity index (χ2v) is 4.24. The maximum absolute atomic E-state index is 11.9. The molecule has 1 heterocycles. The molecule has 0 bridgehead atoms. The van der Waals surface area contributed by atoms with Gasteiger partial charge in [0.2, 0.25) is 0 Å². The molecule has 0 fully saturated rings. The number of alkyl halides is 3. The van der Waals surface area contributed by atoms with Crippen molar-refractivity contribution in [2.75, 3.05) is 13.2 Å². The topological polar surface area (TPSA) is 40.2 Å². The fourth-order valence-electron chi connectivity index (χ4n) is 2.01. The van der Waals surface area contributed by atoms with Crippen LogP contribution < -0.4 is 5.73 Å². The molecule has 6 heteroatoms. The monoisotopic (exact) mass is 272 g/mol. The molecule has 0 amide bonds. The van der Waals surface area contributed by atoms with Gasteiger partial charge in [0.15, 0.2) is 0 Å². The minimum absolute atomic E-state index is 0.162. The SMILES string of the molecule is NCCc1ccc2ccn(CCOC(F)(F)F)c2c1. The number of nitrogens with zero attached hydrogens (tertiary/aromatic N) is 1. The molecule has 104 valence electrons. The van der Waals surface area contributed by atoms with Gasteiger partial charge in [0.25, 0.3) is 0 Å². The van der Waals surface area contributed by atoms with Gasteiger partial charge in [-0.05, 0) is 36.0 Å². The standard InChI is InChI=1S/C13H15F3N2O/c14-13(15,16)19-8-7-18-6-4-11-2-1-10(3-5-17)9-12(11)18/h1-2,4,6,9H,3,5,7-8,17H2. The van der Waals surface area contributed by atoms with Crippen LogP contribution in [0.4, 0.5) is 13.2 Å². The van der Waals surface area contributed by atoms with Crippen molar-refractivity contribution in [1.82, 2.24) is 4.57 Å². The first-order valence-electron chi connectivity index (χ1n) is 5.98. The van der Waals surface area contributed by atoms with Gasteiger partial charge in [-0.15, -0.1) is 13.2 Å². The number of hydrogen-bond acceptors (Lipinski definition) is 2. The highest BCUT2D eigenvalue weighted by molar-refractivity contribution is 5.80. The first-order chi connectivity index (χ1) is 8.99. The molecular weight excluding hydrogens is 257 g/mol. The average molecular weight is 272 g/mol. The molecule has 0 unspecified atom stereocenters. The Balaban J connectivity index is 2.12. The lowest BCUT2D eigenvalue weighted by Crippen LogP contribution is -2.17. The molecule has 3 nitrogen and oxygen atoms in total. The van der Waals surface area contributed by atoms with E-state index in [-0.39, 0.29) is 6.54 Å². The molecule has 2 aromatic rings. The molecule has 1 aromatic carbocycles. The summed E-state index contributed by atoms with van der Waals surface area (Å²) in [6, 6.07) is 7.75. The summed E-state index contributed by atoms with van der Waals surface area (Å²) in [4.78, 5) is 0. The van der Waals surface area contributed by atoms with Crippen molar-refractivity contribution in [3.8, 4) is 0 Å². The van der Waals surface area contributed by atoms with E-state index in [2.05, 4.69) is 4.74 Å². The zero-order valence-corrected chi connectivity index (χ0v) is 10.3. The summed E-state index contributed by atoms with van der Waals surface area (Å²) in [5.41, 5.74) is 7.47. The van der Waals surface area contributed by atoms with Gasteiger partial charge in [0.1, 0.15) is 0 Å². The molecule has 2 rings (SSSR count). The van der Waals surface area contributed by atoms with Crippen LogP contribution in [0, 0.1) is 0 Å². The number of fused-ring (bicyclic) bond motifs is 1. The predicted molar refractivity (Wildman–Crippen MR) is 66.7 cm³/mol. The number of rotatable bonds is 5. The van der Waals surface area contributed by atoms with Gasteiger partial charge in [-0.3, -0.25) is 4.74 Å². The summed E-state index contributed by atoms with van der Waals surface area (Å²) in [7, 11) is 0. The van der Waals surface area contributed by atoms with E-state index in [1.165, 1.54) is 0 Å². The Hall–Kier alpha value is -1.53. The van der Waals surface area contributed by atoms with E-state index in [1.54, 1.807) is 10.8 Å². The predicted octanol–water partition coefficient (Wildman–Crippen LogP) is 2.68. The Kier molecular flexibility index (Phi) is 4.11. The van der Waals surface area contributed by atoms with Crippen molar-refractivity contribution in [3.63, 3.8) is 0 Å². The summed E-state index contributed by atoms with van der Waals surface area (Å²) in [6.45, 7) is 0.312. The van der Waals surface area contributed by atoms with E-state index in [9.17, 15) is 13.2 Å². The lowest BCUT2D eigenvalue weighted by Gasteiger charge is -2.09. The third kappa shape index (κ3) is 3.71. The van der Waals surface area contributed by atoms with Crippen molar-refractivity contribution in [2.45, 2.75) is 19.3 Å². The number of aromatic nitrogens is 1. The molecule has 0 spiro atoms. The normalized spacial score (nSPS) is 12.2. The summed E-state index contributed by atoms with van der Waals surface area (Å²) in [5.74, 6) is 0. The maximum atomic E-state index is 11.9. The second kappa shape index (κ2) is 5.63. The quantitative estimate of drug-likeness (QED) is 0.909. The highest BCUT2D eigenvalue weighted by atomic mass is 19.4. The molecule has 0 aliphatic rings. The maximum Gasteiger partial charge on any atom is 0.522 e. The molecule has 19 heavy (non-hydrogen) atoms. The van der Waals surface area contributed by atoms with Crippen molar-refractivity contribution >= 4 is 10.9 Å². The van der Waals surface area contributed by atoms with E-state index in [0.717, 1.165) is 22.9 Å². The molecule has 0 saturated carbocycles. The fraction of sp³-hybridized carbons (Fsp3) is 0.385. The van der Waals surface area contributed by atoms with E-state index < -0.39 is 13.0 Å². The summed E-state index contributed by atoms with van der Waals surface area (Å²) in [6.07, 6.45) is -2.07. The van der Waals surface area contributed by atoms with Crippen LogP contribution in [0.1, 0.15) is 5.56 Å². The molecule has 0 atom stereocenters. The van der Waals surface area contributed by atoms with Crippen LogP contribution in [0.25, 0.3) is 10.9 Å². The highest BCUT2D eigenvalue weighted by Gasteiger charge is 2.28. The smallest absolute Gasteiger partial charge is 0.345 e. The third-order valence-corrected chi connectivity index (χ3v) is 2.87. The van der Waals surface area contributed by atoms with Crippen molar-refractivity contribution in [2.24, 2.45) is 5.73 Å². The molecule has 0 saturated heterocycles. The van der Waals surface area contributed by atoms with Gasteiger partial charge < -0.3 is 10.3 Å². The van der Waals surface area contributed by atoms with Crippen LogP contribution in [0.3, 0.4) is 0 Å². The van der Waals surface area contributed by atoms with E-state index in [1.807, 2.05) is 24.3 Å². The Morgan fingerprint density at radius 1 is 1.21 bits per heavy atom. The Morgan fingerprint density at radius 3 is 2.68 bits per heavy atom. The van der Waals surface area contributed by atoms with E-state index in [0.29, 0.717) is 6.54 Å². The van der Waals surface area contributed by atoms with E-state index >= 15 is 0 Å². The van der Waals surface area contributed by atoms with Gasteiger partial charge in [-0.2, -0.15) is 0 Å². The number of hydrogen-bond donors (Lipinski definition) is 1. The number of nitrogens with two attached hydrogens (primary N) is 1. The van der Waals surface area contributed by atoms with Crippen molar-refractivity contribution < 1.29 is 17.9 Å². The minimum atomic E-state index is -4.58. The number of ether oxygens (including phenoxy) is 1. The molecule has 1 aromatic heterocycles. The highest BCUT2D eigenvalue weighted by Crippen LogP contribution is 2.19. The third-order valence-electron chi connectivity index (χ3n) is 2.87. The molecule has 0 aliphatic heterocycles. The lowest BCUT2D eigenvalue weighted by atomic mass is 10.1. The van der Waals surface area contributed by atoms with Crippen LogP contribution in [0.2, 0.25) is 0 Å². The van der Waals surface area contributed by atoms with Gasteiger partial charge in [-0.25, -0.2) is 0 Å². The molecule has 2 N–H and O–H groups in total. The fourth-order valence-corrected chi connectivity index (χ4v) is 2.01. The second-order valence-electron chi connectivity index (χ2n) is 4.24. The molecule has 0 radical (unpaired) electrons. The van der Waals surface area contributed by atoms with Gasteiger partial charge in [0.05, 0.1) is 6.61 Å². The average Bonchev–Trinajstić information content (AvgIpc) is 2.71. The molecule has 0 aliphatic carbocycles. The van der Waals surface area contributed by atoms with Crippen molar-refractivity contribution in [1.29, 1.82) is 0 Å². The summed E-state index contributed by atoms with van der Waals surface area (Å²) >= 11 is 0. The summed E-state index contributed by atoms with van der Waals surface area (Å²) in [5, 5.41) is 0.993. The lowest BCUT2D eigenvalue weighted by molar-refractivity contribution is -0.325. The number of benzene rings is 1. The largest absolute Gasteiger partial charge is 0.522 e. The Morgan fingerprint density at radius 2 is 2.00 bits per heavy atom. The van der Waals surface area contributed by atoms with Gasteiger partial charge in [0, 0.05) is 18.3 Å². The van der Waals surface area contributed by atoms with Crippen LogP contribution in [-0.2, 0) is 17.7 Å². The van der Waals surface area contributed by atoms with Crippen LogP contribution >= 0.6 is 0 Å². The zero-order valence-electron chi connectivity index (χ0n) is 10.3. The van der Waals surface area contributed by atoms with Gasteiger partial charge >= 0.3 is 6.36 Å². The Labute approximate surface area is 108 Å². The summed E-state index contributed by atoms with van der Waals surface area (Å²) < 4.78 is 41.3. The number of halogens is 3. The van der Waals surface area contributed by atoms with Crippen LogP contribution in [0.15, 0.2) is 30.5 Å². The van der Waals surface area contributed by atoms with Gasteiger partial charge in [-0.1, -0.05) is 12.1 Å². The minimum Gasteiger partial charge on any atom is -0.345 e. The van der Waals surface area contributed by atoms with Crippen LogP contribution in [-0.4, -0.2) is 24.1 Å². The van der Waals surface area contributed by atoms with Crippen LogP contribution in [0.5, 0.6) is 0 Å². The first kappa shape index (κ1) is 13.9.